The summed E-state index contributed by atoms with van der Waals surface area (Å²) in [5.41, 5.74) is 2.23. The van der Waals surface area contributed by atoms with Gasteiger partial charge in [-0.25, -0.2) is 14.4 Å². The highest BCUT2D eigenvalue weighted by molar-refractivity contribution is 6.03. The Bertz CT molecular complexity index is 966. The van der Waals surface area contributed by atoms with E-state index in [1.807, 2.05) is 18.2 Å². The fourth-order valence-electron chi connectivity index (χ4n) is 2.68. The van der Waals surface area contributed by atoms with Crippen LogP contribution in [0.5, 0.6) is 0 Å². The van der Waals surface area contributed by atoms with Gasteiger partial charge in [-0.05, 0) is 29.2 Å². The third-order valence-electron chi connectivity index (χ3n) is 4.02. The molecule has 0 aliphatic rings. The molecule has 2 aromatic carbocycles. The Morgan fingerprint density at radius 2 is 1.63 bits per heavy atom. The Morgan fingerprint density at radius 3 is 2.33 bits per heavy atom. The standard InChI is InChI=1S/C21H21FN4O/c1-21(2,3)14-8-4-6-10-16(14)25-19-12-18(23-13-24-19)20(27)26-17-11-7-5-9-15(17)22/h4-13H,1-3H3,(H,26,27)(H,23,24,25). The van der Waals surface area contributed by atoms with Crippen LogP contribution in [-0.2, 0) is 5.41 Å². The van der Waals surface area contributed by atoms with Gasteiger partial charge in [-0.3, -0.25) is 4.79 Å². The van der Waals surface area contributed by atoms with Crippen LogP contribution in [0.25, 0.3) is 0 Å². The lowest BCUT2D eigenvalue weighted by atomic mass is 9.86. The minimum Gasteiger partial charge on any atom is -0.340 e. The van der Waals surface area contributed by atoms with Gasteiger partial charge in [-0.2, -0.15) is 0 Å². The molecule has 0 spiro atoms. The van der Waals surface area contributed by atoms with E-state index in [1.165, 1.54) is 24.5 Å². The molecule has 1 amide bonds. The van der Waals surface area contributed by atoms with E-state index in [-0.39, 0.29) is 16.8 Å². The van der Waals surface area contributed by atoms with Crippen LogP contribution in [0.4, 0.5) is 21.6 Å². The predicted octanol–water partition coefficient (Wildman–Crippen LogP) is 4.91. The number of nitrogens with one attached hydrogen (secondary N) is 2. The van der Waals surface area contributed by atoms with Crippen molar-refractivity contribution in [3.63, 3.8) is 0 Å². The van der Waals surface area contributed by atoms with E-state index in [0.717, 1.165) is 11.3 Å². The minimum atomic E-state index is -0.505. The Balaban J connectivity index is 1.83. The third-order valence-corrected chi connectivity index (χ3v) is 4.02. The van der Waals surface area contributed by atoms with Gasteiger partial charge in [0, 0.05) is 11.8 Å². The highest BCUT2D eigenvalue weighted by Gasteiger charge is 2.18. The first-order chi connectivity index (χ1) is 12.8. The van der Waals surface area contributed by atoms with Crippen LogP contribution < -0.4 is 10.6 Å². The fraction of sp³-hybridized carbons (Fsp3) is 0.190. The van der Waals surface area contributed by atoms with E-state index < -0.39 is 11.7 Å². The van der Waals surface area contributed by atoms with E-state index >= 15 is 0 Å². The van der Waals surface area contributed by atoms with Crippen molar-refractivity contribution in [3.8, 4) is 0 Å². The summed E-state index contributed by atoms with van der Waals surface area (Å²) in [5.74, 6) is -0.521. The summed E-state index contributed by atoms with van der Waals surface area (Å²) >= 11 is 0. The Morgan fingerprint density at radius 1 is 0.963 bits per heavy atom. The average Bonchev–Trinajstić information content (AvgIpc) is 2.63. The van der Waals surface area contributed by atoms with Crippen LogP contribution in [0.15, 0.2) is 60.9 Å². The first kappa shape index (κ1) is 18.5. The summed E-state index contributed by atoms with van der Waals surface area (Å²) in [7, 11) is 0. The van der Waals surface area contributed by atoms with Crippen molar-refractivity contribution in [1.82, 2.24) is 9.97 Å². The summed E-state index contributed by atoms with van der Waals surface area (Å²) in [5, 5.41) is 5.77. The van der Waals surface area contributed by atoms with Crippen molar-refractivity contribution in [2.24, 2.45) is 0 Å². The van der Waals surface area contributed by atoms with Crippen LogP contribution in [0.3, 0.4) is 0 Å². The Labute approximate surface area is 157 Å². The summed E-state index contributed by atoms with van der Waals surface area (Å²) < 4.78 is 13.7. The molecule has 1 aromatic heterocycles. The van der Waals surface area contributed by atoms with Gasteiger partial charge in [0.15, 0.2) is 0 Å². The number of hydrogen-bond donors (Lipinski definition) is 2. The van der Waals surface area contributed by atoms with E-state index in [2.05, 4.69) is 47.4 Å². The number of carbonyl (C=O) groups excluding carboxylic acids is 1. The monoisotopic (exact) mass is 364 g/mol. The number of hydrogen-bond acceptors (Lipinski definition) is 4. The molecule has 0 atom stereocenters. The molecule has 5 nitrogen and oxygen atoms in total. The molecule has 0 fully saturated rings. The van der Waals surface area contributed by atoms with Crippen molar-refractivity contribution in [2.45, 2.75) is 26.2 Å². The third kappa shape index (κ3) is 4.47. The van der Waals surface area contributed by atoms with Crippen LogP contribution in [0.1, 0.15) is 36.8 Å². The van der Waals surface area contributed by atoms with Crippen LogP contribution in [-0.4, -0.2) is 15.9 Å². The second-order valence-corrected chi connectivity index (χ2v) is 7.14. The lowest BCUT2D eigenvalue weighted by Gasteiger charge is -2.23. The largest absolute Gasteiger partial charge is 0.340 e. The molecule has 2 N–H and O–H groups in total. The molecular formula is C21H21FN4O. The number of rotatable bonds is 4. The maximum atomic E-state index is 13.7. The number of amides is 1. The van der Waals surface area contributed by atoms with Gasteiger partial charge in [-0.15, -0.1) is 0 Å². The molecule has 6 heteroatoms. The second-order valence-electron chi connectivity index (χ2n) is 7.14. The summed E-state index contributed by atoms with van der Waals surface area (Å²) in [6, 6.07) is 15.5. The number of benzene rings is 2. The highest BCUT2D eigenvalue weighted by Crippen LogP contribution is 2.30. The van der Waals surface area contributed by atoms with Gasteiger partial charge in [0.25, 0.3) is 5.91 Å². The number of nitrogens with zero attached hydrogens (tertiary/aromatic N) is 2. The molecule has 0 unspecified atom stereocenters. The molecule has 3 rings (SSSR count). The number of aromatic nitrogens is 2. The van der Waals surface area contributed by atoms with Gasteiger partial charge >= 0.3 is 0 Å². The SMILES string of the molecule is CC(C)(C)c1ccccc1Nc1cc(C(=O)Nc2ccccc2F)ncn1. The molecule has 138 valence electrons. The molecule has 0 saturated carbocycles. The topological polar surface area (TPSA) is 66.9 Å². The van der Waals surface area contributed by atoms with Crippen molar-refractivity contribution in [2.75, 3.05) is 10.6 Å². The zero-order valence-corrected chi connectivity index (χ0v) is 15.5. The van der Waals surface area contributed by atoms with E-state index in [9.17, 15) is 9.18 Å². The van der Waals surface area contributed by atoms with Gasteiger partial charge in [0.2, 0.25) is 0 Å². The molecule has 0 bridgehead atoms. The number of anilines is 3. The van der Waals surface area contributed by atoms with Crippen molar-refractivity contribution < 1.29 is 9.18 Å². The molecule has 0 aliphatic heterocycles. The summed E-state index contributed by atoms with van der Waals surface area (Å²) in [6.07, 6.45) is 1.30. The minimum absolute atomic E-state index is 0.0539. The zero-order chi connectivity index (χ0) is 19.4. The molecule has 1 heterocycles. The number of halogens is 1. The molecule has 0 saturated heterocycles. The van der Waals surface area contributed by atoms with Gasteiger partial charge in [-0.1, -0.05) is 51.1 Å². The molecule has 0 radical (unpaired) electrons. The first-order valence-electron chi connectivity index (χ1n) is 8.59. The van der Waals surface area contributed by atoms with Crippen LogP contribution in [0, 0.1) is 5.82 Å². The maximum absolute atomic E-state index is 13.7. The van der Waals surface area contributed by atoms with Gasteiger partial charge in [0.1, 0.15) is 23.7 Å². The summed E-state index contributed by atoms with van der Waals surface area (Å²) in [6.45, 7) is 6.38. The van der Waals surface area contributed by atoms with E-state index in [4.69, 9.17) is 0 Å². The molecule has 27 heavy (non-hydrogen) atoms. The molecule has 3 aromatic rings. The van der Waals surface area contributed by atoms with Gasteiger partial charge < -0.3 is 10.6 Å². The van der Waals surface area contributed by atoms with Crippen molar-refractivity contribution in [1.29, 1.82) is 0 Å². The van der Waals surface area contributed by atoms with Crippen LogP contribution in [0.2, 0.25) is 0 Å². The Kier molecular flexibility index (Phi) is 5.16. The Hall–Kier alpha value is -3.28. The molecular weight excluding hydrogens is 343 g/mol. The van der Waals surface area contributed by atoms with E-state index in [0.29, 0.717) is 5.82 Å². The lowest BCUT2D eigenvalue weighted by Crippen LogP contribution is -2.16. The molecule has 0 aliphatic carbocycles. The smallest absolute Gasteiger partial charge is 0.274 e. The number of carbonyl (C=O) groups is 1. The quantitative estimate of drug-likeness (QED) is 0.690. The summed E-state index contributed by atoms with van der Waals surface area (Å²) in [4.78, 5) is 20.6. The highest BCUT2D eigenvalue weighted by atomic mass is 19.1. The van der Waals surface area contributed by atoms with Gasteiger partial charge in [0.05, 0.1) is 5.69 Å². The lowest BCUT2D eigenvalue weighted by molar-refractivity contribution is 0.102. The average molecular weight is 364 g/mol. The predicted molar refractivity (Wildman–Crippen MR) is 105 cm³/mol. The second kappa shape index (κ2) is 7.53. The fourth-order valence-corrected chi connectivity index (χ4v) is 2.68. The maximum Gasteiger partial charge on any atom is 0.274 e. The first-order valence-corrected chi connectivity index (χ1v) is 8.59. The zero-order valence-electron chi connectivity index (χ0n) is 15.5. The normalized spacial score (nSPS) is 11.1. The number of para-hydroxylation sites is 2. The van der Waals surface area contributed by atoms with E-state index in [1.54, 1.807) is 12.1 Å². The van der Waals surface area contributed by atoms with Crippen molar-refractivity contribution >= 4 is 23.1 Å². The van der Waals surface area contributed by atoms with Crippen LogP contribution >= 0.6 is 0 Å². The van der Waals surface area contributed by atoms with Crippen molar-refractivity contribution in [3.05, 3.63) is 78.0 Å².